The Balaban J connectivity index is 1.62. The lowest BCUT2D eigenvalue weighted by atomic mass is 9.99. The summed E-state index contributed by atoms with van der Waals surface area (Å²) in [6.07, 6.45) is 10.1. The highest BCUT2D eigenvalue weighted by Gasteiger charge is 2.37. The van der Waals surface area contributed by atoms with Crippen LogP contribution in [-0.2, 0) is 17.8 Å². The van der Waals surface area contributed by atoms with E-state index in [2.05, 4.69) is 57.9 Å². The third-order valence-electron chi connectivity index (χ3n) is 6.41. The largest absolute Gasteiger partial charge is 0.352 e. The fraction of sp³-hybridized carbons (Fsp3) is 0.583. The van der Waals surface area contributed by atoms with Crippen molar-refractivity contribution >= 4 is 5.91 Å². The highest BCUT2D eigenvalue weighted by molar-refractivity contribution is 5.83. The van der Waals surface area contributed by atoms with E-state index >= 15 is 0 Å². The number of benzene rings is 1. The number of rotatable bonds is 5. The number of nitrogens with zero attached hydrogens (tertiary/aromatic N) is 3. The van der Waals surface area contributed by atoms with E-state index in [0.717, 1.165) is 43.7 Å². The number of carbonyl (C=O) groups is 1. The van der Waals surface area contributed by atoms with E-state index in [1.54, 1.807) is 0 Å². The summed E-state index contributed by atoms with van der Waals surface area (Å²) in [5.74, 6) is 0.149. The summed E-state index contributed by atoms with van der Waals surface area (Å²) in [7, 11) is 0. The number of amides is 1. The molecule has 1 N–H and O–H groups in total. The predicted molar refractivity (Wildman–Crippen MR) is 116 cm³/mol. The van der Waals surface area contributed by atoms with Crippen molar-refractivity contribution < 1.29 is 4.79 Å². The van der Waals surface area contributed by atoms with Crippen LogP contribution in [0.4, 0.5) is 0 Å². The van der Waals surface area contributed by atoms with E-state index in [9.17, 15) is 4.79 Å². The number of imidazole rings is 1. The Morgan fingerprint density at radius 2 is 1.86 bits per heavy atom. The maximum atomic E-state index is 13.6. The number of fused-ring (bicyclic) bond motifs is 1. The van der Waals surface area contributed by atoms with Crippen molar-refractivity contribution in [3.63, 3.8) is 0 Å². The van der Waals surface area contributed by atoms with Crippen LogP contribution in [0.15, 0.2) is 36.7 Å². The Hall–Kier alpha value is -2.14. The molecule has 1 saturated carbocycles. The maximum Gasteiger partial charge on any atom is 0.243 e. The summed E-state index contributed by atoms with van der Waals surface area (Å²) in [5.41, 5.74) is 3.43. The van der Waals surface area contributed by atoms with Gasteiger partial charge in [0.05, 0.1) is 17.7 Å². The molecule has 5 heteroatoms. The van der Waals surface area contributed by atoms with Gasteiger partial charge in [-0.15, -0.1) is 0 Å². The minimum Gasteiger partial charge on any atom is -0.352 e. The normalized spacial score (nSPS) is 21.0. The topological polar surface area (TPSA) is 50.2 Å². The molecule has 29 heavy (non-hydrogen) atoms. The second-order valence-electron chi connectivity index (χ2n) is 8.88. The van der Waals surface area contributed by atoms with Gasteiger partial charge in [0.2, 0.25) is 5.91 Å². The zero-order valence-electron chi connectivity index (χ0n) is 17.8. The molecule has 0 radical (unpaired) electrons. The zero-order chi connectivity index (χ0) is 20.2. The first-order valence-corrected chi connectivity index (χ1v) is 11.3. The van der Waals surface area contributed by atoms with Gasteiger partial charge in [-0.2, -0.15) is 0 Å². The third-order valence-corrected chi connectivity index (χ3v) is 6.41. The Morgan fingerprint density at radius 1 is 1.14 bits per heavy atom. The van der Waals surface area contributed by atoms with Crippen LogP contribution in [0.2, 0.25) is 0 Å². The fourth-order valence-corrected chi connectivity index (χ4v) is 4.85. The van der Waals surface area contributed by atoms with Gasteiger partial charge in [0.15, 0.2) is 0 Å². The van der Waals surface area contributed by atoms with Gasteiger partial charge < -0.3 is 9.88 Å². The molecule has 4 rings (SSSR count). The molecule has 1 aliphatic carbocycles. The van der Waals surface area contributed by atoms with Crippen LogP contribution >= 0.6 is 0 Å². The lowest BCUT2D eigenvalue weighted by Gasteiger charge is -2.36. The van der Waals surface area contributed by atoms with Crippen LogP contribution in [-0.4, -0.2) is 32.9 Å². The van der Waals surface area contributed by atoms with Gasteiger partial charge in [0.1, 0.15) is 6.04 Å². The molecule has 1 unspecified atom stereocenters. The fourth-order valence-electron chi connectivity index (χ4n) is 4.85. The van der Waals surface area contributed by atoms with Crippen molar-refractivity contribution in [3.05, 3.63) is 53.6 Å². The lowest BCUT2D eigenvalue weighted by Crippen LogP contribution is -2.47. The summed E-state index contributed by atoms with van der Waals surface area (Å²) in [4.78, 5) is 20.6. The SMILES string of the molecule is CC(C)n1cnc2c1C(C(=O)NC1CCCCCC1)N(Cc1ccccc1)CC2. The minimum absolute atomic E-state index is 0.149. The first-order chi connectivity index (χ1) is 14.1. The van der Waals surface area contributed by atoms with Gasteiger partial charge in [-0.25, -0.2) is 4.98 Å². The van der Waals surface area contributed by atoms with Gasteiger partial charge in [0, 0.05) is 31.6 Å². The van der Waals surface area contributed by atoms with E-state index in [4.69, 9.17) is 0 Å². The molecule has 1 aliphatic heterocycles. The van der Waals surface area contributed by atoms with Crippen LogP contribution in [0.1, 0.15) is 81.4 Å². The van der Waals surface area contributed by atoms with Crippen molar-refractivity contribution in [1.29, 1.82) is 0 Å². The Bertz CT molecular complexity index is 806. The van der Waals surface area contributed by atoms with Gasteiger partial charge in [-0.3, -0.25) is 9.69 Å². The Labute approximate surface area is 174 Å². The second-order valence-corrected chi connectivity index (χ2v) is 8.88. The average Bonchev–Trinajstić information content (AvgIpc) is 2.98. The standard InChI is InChI=1S/C24H34N4O/c1-18(2)28-17-25-21-14-15-27(16-19-10-6-5-7-11-19)23(22(21)28)24(29)26-20-12-8-3-4-9-13-20/h5-7,10-11,17-18,20,23H,3-4,8-9,12-16H2,1-2H3,(H,26,29). The number of hydrogen-bond acceptors (Lipinski definition) is 3. The highest BCUT2D eigenvalue weighted by atomic mass is 16.2. The first kappa shape index (κ1) is 20.1. The van der Waals surface area contributed by atoms with E-state index in [0.29, 0.717) is 6.04 Å². The smallest absolute Gasteiger partial charge is 0.243 e. The average molecular weight is 395 g/mol. The van der Waals surface area contributed by atoms with Crippen molar-refractivity contribution in [2.75, 3.05) is 6.54 Å². The molecule has 0 saturated heterocycles. The molecule has 2 aromatic rings. The monoisotopic (exact) mass is 394 g/mol. The first-order valence-electron chi connectivity index (χ1n) is 11.3. The molecule has 1 fully saturated rings. The number of nitrogens with one attached hydrogen (secondary N) is 1. The van der Waals surface area contributed by atoms with Crippen molar-refractivity contribution in [1.82, 2.24) is 19.8 Å². The van der Waals surface area contributed by atoms with Crippen molar-refractivity contribution in [2.45, 2.75) is 83.5 Å². The molecule has 156 valence electrons. The van der Waals surface area contributed by atoms with Crippen LogP contribution in [0, 0.1) is 0 Å². The number of carbonyl (C=O) groups excluding carboxylic acids is 1. The quantitative estimate of drug-likeness (QED) is 0.765. The Kier molecular flexibility index (Phi) is 6.34. The van der Waals surface area contributed by atoms with Gasteiger partial charge in [0.25, 0.3) is 0 Å². The van der Waals surface area contributed by atoms with Crippen LogP contribution in [0.3, 0.4) is 0 Å². The molecule has 5 nitrogen and oxygen atoms in total. The molecule has 1 amide bonds. The second kappa shape index (κ2) is 9.12. The van der Waals surface area contributed by atoms with E-state index in [-0.39, 0.29) is 18.0 Å². The number of hydrogen-bond donors (Lipinski definition) is 1. The highest BCUT2D eigenvalue weighted by Crippen LogP contribution is 2.33. The number of aromatic nitrogens is 2. The van der Waals surface area contributed by atoms with E-state index in [1.165, 1.54) is 31.2 Å². The summed E-state index contributed by atoms with van der Waals surface area (Å²) in [6.45, 7) is 5.97. The summed E-state index contributed by atoms with van der Waals surface area (Å²) in [6, 6.07) is 10.8. The summed E-state index contributed by atoms with van der Waals surface area (Å²) >= 11 is 0. The van der Waals surface area contributed by atoms with Crippen LogP contribution in [0.5, 0.6) is 0 Å². The van der Waals surface area contributed by atoms with Crippen molar-refractivity contribution in [2.24, 2.45) is 0 Å². The summed E-state index contributed by atoms with van der Waals surface area (Å²) in [5, 5.41) is 3.42. The maximum absolute atomic E-state index is 13.6. The van der Waals surface area contributed by atoms with Crippen LogP contribution in [0.25, 0.3) is 0 Å². The van der Waals surface area contributed by atoms with Gasteiger partial charge >= 0.3 is 0 Å². The van der Waals surface area contributed by atoms with E-state index in [1.807, 2.05) is 12.4 Å². The van der Waals surface area contributed by atoms with Gasteiger partial charge in [-0.05, 0) is 32.3 Å². The molecule has 2 heterocycles. The molecular weight excluding hydrogens is 360 g/mol. The summed E-state index contributed by atoms with van der Waals surface area (Å²) < 4.78 is 2.20. The molecular formula is C24H34N4O. The van der Waals surface area contributed by atoms with Crippen LogP contribution < -0.4 is 5.32 Å². The Morgan fingerprint density at radius 3 is 2.55 bits per heavy atom. The molecule has 1 aromatic heterocycles. The van der Waals surface area contributed by atoms with Crippen molar-refractivity contribution in [3.8, 4) is 0 Å². The molecule has 2 aliphatic rings. The van der Waals surface area contributed by atoms with E-state index < -0.39 is 0 Å². The molecule has 1 aromatic carbocycles. The molecule has 0 spiro atoms. The predicted octanol–water partition coefficient (Wildman–Crippen LogP) is 4.40. The molecule has 1 atom stereocenters. The minimum atomic E-state index is -0.271. The molecule has 0 bridgehead atoms. The zero-order valence-corrected chi connectivity index (χ0v) is 17.8. The van der Waals surface area contributed by atoms with Gasteiger partial charge in [-0.1, -0.05) is 56.0 Å². The third kappa shape index (κ3) is 4.55. The lowest BCUT2D eigenvalue weighted by molar-refractivity contribution is -0.128.